The molecule has 290 valence electrons. The van der Waals surface area contributed by atoms with Crippen LogP contribution >= 0.6 is 11.3 Å². The maximum absolute atomic E-state index is 9.28. The Bertz CT molecular complexity index is 4010. The molecule has 0 aliphatic rings. The molecule has 4 nitrogen and oxygen atoms in total. The van der Waals surface area contributed by atoms with Crippen LogP contribution in [0, 0.1) is 0 Å². The van der Waals surface area contributed by atoms with Gasteiger partial charge in [-0.3, -0.25) is 0 Å². The molecule has 12 rings (SSSR count). The first-order valence-electron chi connectivity index (χ1n) is 24.2. The smallest absolute Gasteiger partial charge is 0.164 e. The highest BCUT2D eigenvalue weighted by atomic mass is 32.1. The van der Waals surface area contributed by atoms with Crippen LogP contribution in [-0.4, -0.2) is 19.5 Å². The second-order valence-electron chi connectivity index (χ2n) is 15.0. The highest BCUT2D eigenvalue weighted by Crippen LogP contribution is 2.41. The molecule has 0 radical (unpaired) electrons. The normalized spacial score (nSPS) is 13.4. The van der Waals surface area contributed by atoms with Gasteiger partial charge >= 0.3 is 0 Å². The molecule has 5 heteroatoms. The summed E-state index contributed by atoms with van der Waals surface area (Å²) in [6.45, 7) is 0. The van der Waals surface area contributed by atoms with Gasteiger partial charge in [0.25, 0.3) is 0 Å². The number of benzene rings is 9. The molecule has 0 fully saturated rings. The molecule has 12 aromatic rings. The maximum atomic E-state index is 9.28. The molecule has 3 heterocycles. The van der Waals surface area contributed by atoms with Gasteiger partial charge in [-0.15, -0.1) is 11.3 Å². The van der Waals surface area contributed by atoms with Crippen molar-refractivity contribution in [2.24, 2.45) is 0 Å². The molecule has 0 atom stereocenters. The van der Waals surface area contributed by atoms with Crippen molar-refractivity contribution in [3.05, 3.63) is 218 Å². The minimum absolute atomic E-state index is 0.00636. The largest absolute Gasteiger partial charge is 0.309 e. The van der Waals surface area contributed by atoms with Gasteiger partial charge in [0.2, 0.25) is 0 Å². The lowest BCUT2D eigenvalue weighted by atomic mass is 10.00. The monoisotopic (exact) mass is 816 g/mol. The predicted octanol–water partition coefficient (Wildman–Crippen LogP) is 15.3. The lowest BCUT2D eigenvalue weighted by Gasteiger charge is -2.16. The van der Waals surface area contributed by atoms with Gasteiger partial charge in [0.1, 0.15) is 0 Å². The molecular weight excluding hydrogens is 773 g/mol. The molecule has 0 bridgehead atoms. The Hall–Kier alpha value is -7.99. The number of nitrogens with zero attached hydrogens (tertiary/aromatic N) is 4. The number of hydrogen-bond donors (Lipinski definition) is 0. The molecule has 0 aliphatic heterocycles. The molecule has 0 saturated heterocycles. The van der Waals surface area contributed by atoms with Gasteiger partial charge in [-0.2, -0.15) is 0 Å². The summed E-state index contributed by atoms with van der Waals surface area (Å²) in [7, 11) is 0. The van der Waals surface area contributed by atoms with Crippen LogP contribution in [0.15, 0.2) is 218 Å². The number of thiophene rings is 1. The summed E-state index contributed by atoms with van der Waals surface area (Å²) < 4.78 is 75.5. The summed E-state index contributed by atoms with van der Waals surface area (Å²) >= 11 is 1.78. The number of aromatic nitrogens is 4. The zero-order chi connectivity index (χ0) is 47.9. The maximum Gasteiger partial charge on any atom is 0.164 e. The lowest BCUT2D eigenvalue weighted by molar-refractivity contribution is 1.07. The molecule has 0 saturated carbocycles. The molecule has 3 aromatic heterocycles. The fourth-order valence-corrected chi connectivity index (χ4v) is 9.60. The van der Waals surface area contributed by atoms with E-state index >= 15 is 0 Å². The fraction of sp³-hybridized carbons (Fsp3) is 0. The van der Waals surface area contributed by atoms with E-state index < -0.39 is 36.3 Å². The van der Waals surface area contributed by atoms with E-state index in [4.69, 9.17) is 23.2 Å². The van der Waals surface area contributed by atoms with E-state index in [-0.39, 0.29) is 33.9 Å². The topological polar surface area (TPSA) is 43.6 Å². The van der Waals surface area contributed by atoms with E-state index in [9.17, 15) is 2.74 Å². The van der Waals surface area contributed by atoms with Crippen molar-refractivity contribution >= 4 is 53.3 Å². The van der Waals surface area contributed by atoms with E-state index in [1.54, 1.807) is 15.9 Å². The lowest BCUT2D eigenvalue weighted by Crippen LogP contribution is -2.02. The third-order valence-electron chi connectivity index (χ3n) is 11.4. The van der Waals surface area contributed by atoms with Crippen LogP contribution in [0.4, 0.5) is 0 Å². The SMILES string of the molecule is [2H]c1c([2H])c([2H])c2c(c1[2H])c1c([2H])c([2H])c([2H])c([2H])c1n2-c1cc(-c2nc(-c3ccc(-c4ccccc4)cc3)nc(-c3ccc(-c4cccc5c4sc4ccccc45)cc3)n2)ccc1-c1ccccc1. The first-order chi connectivity index (χ1) is 34.0. The second-order valence-corrected chi connectivity index (χ2v) is 16.0. The number of rotatable bonds is 7. The first-order valence-corrected chi connectivity index (χ1v) is 21.0. The fourth-order valence-electron chi connectivity index (χ4n) is 8.36. The van der Waals surface area contributed by atoms with Crippen molar-refractivity contribution in [2.75, 3.05) is 0 Å². The Morgan fingerprint density at radius 3 is 1.52 bits per heavy atom. The summed E-state index contributed by atoms with van der Waals surface area (Å²) in [5.41, 5.74) is 8.17. The molecule has 0 aliphatic carbocycles. The summed E-state index contributed by atoms with van der Waals surface area (Å²) in [6, 6.07) is 52.8. The summed E-state index contributed by atoms with van der Waals surface area (Å²) in [6.07, 6.45) is 0. The predicted molar refractivity (Wildman–Crippen MR) is 260 cm³/mol. The van der Waals surface area contributed by atoms with Crippen molar-refractivity contribution in [3.63, 3.8) is 0 Å². The van der Waals surface area contributed by atoms with Crippen LogP contribution in [0.1, 0.15) is 11.0 Å². The van der Waals surface area contributed by atoms with Gasteiger partial charge in [-0.1, -0.05) is 194 Å². The van der Waals surface area contributed by atoms with Crippen LogP contribution < -0.4 is 0 Å². The Balaban J connectivity index is 1.08. The Morgan fingerprint density at radius 2 is 0.855 bits per heavy atom. The Labute approximate surface area is 374 Å². The van der Waals surface area contributed by atoms with E-state index in [1.807, 2.05) is 103 Å². The Morgan fingerprint density at radius 1 is 0.371 bits per heavy atom. The highest BCUT2D eigenvalue weighted by molar-refractivity contribution is 7.26. The van der Waals surface area contributed by atoms with Crippen LogP contribution in [-0.2, 0) is 0 Å². The molecule has 0 unspecified atom stereocenters. The molecule has 62 heavy (non-hydrogen) atoms. The molecular formula is C57H36N4S. The quantitative estimate of drug-likeness (QED) is 0.161. The highest BCUT2D eigenvalue weighted by Gasteiger charge is 2.19. The van der Waals surface area contributed by atoms with Gasteiger partial charge in [0.05, 0.1) is 27.7 Å². The molecule has 0 spiro atoms. The zero-order valence-corrected chi connectivity index (χ0v) is 33.7. The Kier molecular flexibility index (Phi) is 6.86. The average molecular weight is 817 g/mol. The summed E-state index contributed by atoms with van der Waals surface area (Å²) in [5.74, 6) is 1.16. The van der Waals surface area contributed by atoms with Gasteiger partial charge in [0, 0.05) is 53.2 Å². The average Bonchev–Trinajstić information content (AvgIpc) is 3.98. The van der Waals surface area contributed by atoms with Crippen LogP contribution in [0.25, 0.3) is 115 Å². The number of hydrogen-bond acceptors (Lipinski definition) is 4. The standard InChI is InChI=1S/C57H36N4S/c1-3-14-37(15-4-1)38-26-30-41(31-27-38)55-58-56(42-32-28-40(29-33-42)45-21-13-22-49-48-20-9-12-25-53(48)62-54(45)49)60-57(59-55)43-34-35-44(39-16-5-2-6-17-39)52(36-43)61-50-23-10-7-18-46(50)47-19-8-11-24-51(47)61/h1-36H/i7D,8D,10D,11D,18D,19D,23D,24D. The third-order valence-corrected chi connectivity index (χ3v) is 12.6. The van der Waals surface area contributed by atoms with Crippen LogP contribution in [0.3, 0.4) is 0 Å². The summed E-state index contributed by atoms with van der Waals surface area (Å²) in [5, 5.41) is 2.43. The van der Waals surface area contributed by atoms with E-state index in [2.05, 4.69) is 66.7 Å². The second kappa shape index (κ2) is 14.9. The van der Waals surface area contributed by atoms with E-state index in [1.165, 1.54) is 20.2 Å². The van der Waals surface area contributed by atoms with Gasteiger partial charge < -0.3 is 4.57 Å². The van der Waals surface area contributed by atoms with Crippen molar-refractivity contribution in [2.45, 2.75) is 0 Å². The van der Waals surface area contributed by atoms with Crippen molar-refractivity contribution in [1.82, 2.24) is 19.5 Å². The molecule has 9 aromatic carbocycles. The van der Waals surface area contributed by atoms with Crippen LogP contribution in [0.2, 0.25) is 0 Å². The molecule has 0 amide bonds. The van der Waals surface area contributed by atoms with Gasteiger partial charge in [0.15, 0.2) is 17.5 Å². The van der Waals surface area contributed by atoms with Crippen LogP contribution in [0.5, 0.6) is 0 Å². The van der Waals surface area contributed by atoms with Gasteiger partial charge in [-0.05, 0) is 52.0 Å². The van der Waals surface area contributed by atoms with Crippen molar-refractivity contribution in [3.8, 4) is 73.2 Å². The number of fused-ring (bicyclic) bond motifs is 6. The first kappa shape index (κ1) is 28.5. The zero-order valence-electron chi connectivity index (χ0n) is 40.9. The minimum Gasteiger partial charge on any atom is -0.309 e. The molecule has 0 N–H and O–H groups in total. The van der Waals surface area contributed by atoms with E-state index in [0.29, 0.717) is 34.3 Å². The minimum atomic E-state index is -0.506. The number of para-hydroxylation sites is 2. The summed E-state index contributed by atoms with van der Waals surface area (Å²) in [4.78, 5) is 15.3. The van der Waals surface area contributed by atoms with Crippen molar-refractivity contribution in [1.29, 1.82) is 0 Å². The van der Waals surface area contributed by atoms with Crippen molar-refractivity contribution < 1.29 is 11.0 Å². The van der Waals surface area contributed by atoms with E-state index in [0.717, 1.165) is 38.9 Å². The third kappa shape index (κ3) is 6.18. The van der Waals surface area contributed by atoms with Gasteiger partial charge in [-0.25, -0.2) is 15.0 Å².